The van der Waals surface area contributed by atoms with Crippen molar-refractivity contribution < 1.29 is 46.8 Å². The van der Waals surface area contributed by atoms with Crippen molar-refractivity contribution in [1.29, 1.82) is 0 Å². The summed E-state index contributed by atoms with van der Waals surface area (Å²) in [6, 6.07) is -2.71. The third-order valence-corrected chi connectivity index (χ3v) is 5.90. The lowest BCUT2D eigenvalue weighted by Crippen LogP contribution is -2.72. The Labute approximate surface area is 191 Å². The Balaban J connectivity index is 2.29. The van der Waals surface area contributed by atoms with Gasteiger partial charge in [-0.15, -0.1) is 11.3 Å². The lowest BCUT2D eigenvalue weighted by atomic mass is 9.95. The van der Waals surface area contributed by atoms with E-state index in [2.05, 4.69) is 15.5 Å². The number of ether oxygens (including phenoxy) is 1. The molecule has 2 atom stereocenters. The van der Waals surface area contributed by atoms with Crippen molar-refractivity contribution in [2.24, 2.45) is 5.16 Å². The summed E-state index contributed by atoms with van der Waals surface area (Å²) in [4.78, 5) is 56.2. The minimum absolute atomic E-state index is 0.0551. The van der Waals surface area contributed by atoms with Crippen LogP contribution in [0.5, 0.6) is 0 Å². The zero-order valence-electron chi connectivity index (χ0n) is 17.5. The van der Waals surface area contributed by atoms with Crippen LogP contribution < -0.4 is 11.1 Å². The molecule has 0 aliphatic carbocycles. The molecule has 1 aliphatic rings. The summed E-state index contributed by atoms with van der Waals surface area (Å²) in [5, 5.41) is 16.4. The van der Waals surface area contributed by atoms with Gasteiger partial charge in [0.25, 0.3) is 11.8 Å². The predicted molar refractivity (Wildman–Crippen MR) is 111 cm³/mol. The van der Waals surface area contributed by atoms with Gasteiger partial charge in [-0.05, 0) is 13.8 Å². The van der Waals surface area contributed by atoms with Crippen LogP contribution in [0.15, 0.2) is 10.5 Å². The number of aliphatic carboxylic acids is 1. The fourth-order valence-corrected chi connectivity index (χ4v) is 4.04. The number of nitrogens with zero attached hydrogens (tertiary/aromatic N) is 3. The number of β-lactam (4-membered cyclic amide) rings is 1. The Kier molecular flexibility index (Phi) is 7.60. The zero-order chi connectivity index (χ0) is 25.1. The molecule has 0 saturated carbocycles. The number of carboxylic acid groups (broad SMARTS) is 1. The van der Waals surface area contributed by atoms with E-state index in [4.69, 9.17) is 20.4 Å². The van der Waals surface area contributed by atoms with Gasteiger partial charge >= 0.3 is 22.2 Å². The summed E-state index contributed by atoms with van der Waals surface area (Å²) < 4.78 is 37.2. The van der Waals surface area contributed by atoms with Gasteiger partial charge in [0.1, 0.15) is 11.7 Å². The summed E-state index contributed by atoms with van der Waals surface area (Å²) in [5.74, 6) is -4.25. The SMILES string of the molecule is CC(=O)OCCC1C(NC(=O)/C(=N\OC(C)(C)C(=O)O)c2csc(N)n2)C(=O)N1S(=O)(=O)O. The fraction of sp³-hybridized carbons (Fsp3) is 0.500. The van der Waals surface area contributed by atoms with E-state index in [-0.39, 0.29) is 28.2 Å². The Morgan fingerprint density at radius 1 is 1.39 bits per heavy atom. The standard InChI is InChI=1S/C16H21N5O10S2/c1-7(22)30-5-4-9-11(13(24)21(9)33(27,28)29)19-12(23)10(8-6-32-15(17)18-8)20-31-16(2,3)14(25)26/h6,9,11H,4-5H2,1-3H3,(H2,17,18)(H,19,23)(H,25,26)(H,27,28,29)/b20-10-. The minimum atomic E-state index is -4.95. The van der Waals surface area contributed by atoms with E-state index in [1.807, 2.05) is 0 Å². The van der Waals surface area contributed by atoms with E-state index in [9.17, 15) is 32.1 Å². The smallest absolute Gasteiger partial charge is 0.362 e. The molecule has 1 aliphatic heterocycles. The number of amides is 2. The Bertz CT molecular complexity index is 1100. The molecule has 2 heterocycles. The van der Waals surface area contributed by atoms with Gasteiger partial charge in [0.2, 0.25) is 5.60 Å². The van der Waals surface area contributed by atoms with Crippen molar-refractivity contribution in [2.45, 2.75) is 44.9 Å². The highest BCUT2D eigenvalue weighted by Crippen LogP contribution is 2.26. The Morgan fingerprint density at radius 2 is 2.03 bits per heavy atom. The maximum Gasteiger partial charge on any atom is 0.362 e. The number of esters is 1. The molecule has 33 heavy (non-hydrogen) atoms. The van der Waals surface area contributed by atoms with E-state index in [1.54, 1.807) is 0 Å². The first kappa shape index (κ1) is 25.9. The first-order valence-corrected chi connectivity index (χ1v) is 11.4. The number of hydrogen-bond donors (Lipinski definition) is 4. The second-order valence-electron chi connectivity index (χ2n) is 7.18. The van der Waals surface area contributed by atoms with E-state index >= 15 is 0 Å². The van der Waals surface area contributed by atoms with Crippen molar-refractivity contribution in [2.75, 3.05) is 12.3 Å². The molecule has 0 radical (unpaired) electrons. The van der Waals surface area contributed by atoms with Crippen LogP contribution in [-0.2, 0) is 39.1 Å². The van der Waals surface area contributed by atoms with Crippen LogP contribution in [0.25, 0.3) is 0 Å². The number of hydrogen-bond acceptors (Lipinski definition) is 12. The normalized spacial score (nSPS) is 19.0. The molecule has 1 aromatic rings. The van der Waals surface area contributed by atoms with E-state index in [0.717, 1.165) is 18.3 Å². The number of thiazole rings is 1. The second kappa shape index (κ2) is 9.67. The van der Waals surface area contributed by atoms with Crippen LogP contribution in [0.2, 0.25) is 0 Å². The van der Waals surface area contributed by atoms with Crippen LogP contribution in [0, 0.1) is 0 Å². The molecule has 1 saturated heterocycles. The minimum Gasteiger partial charge on any atom is -0.478 e. The zero-order valence-corrected chi connectivity index (χ0v) is 19.2. The van der Waals surface area contributed by atoms with E-state index < -0.39 is 57.5 Å². The third-order valence-electron chi connectivity index (χ3n) is 4.28. The summed E-state index contributed by atoms with van der Waals surface area (Å²) in [5.41, 5.74) is 3.11. The average Bonchev–Trinajstić information content (AvgIpc) is 3.09. The summed E-state index contributed by atoms with van der Waals surface area (Å²) >= 11 is 0.945. The van der Waals surface area contributed by atoms with Gasteiger partial charge in [-0.3, -0.25) is 18.9 Å². The molecular weight excluding hydrogens is 486 g/mol. The number of rotatable bonds is 10. The van der Waals surface area contributed by atoms with Crippen molar-refractivity contribution in [3.8, 4) is 0 Å². The fourth-order valence-electron chi connectivity index (χ4n) is 2.58. The lowest BCUT2D eigenvalue weighted by molar-refractivity contribution is -0.161. The topological polar surface area (TPSA) is 228 Å². The van der Waals surface area contributed by atoms with Gasteiger partial charge in [0.15, 0.2) is 10.8 Å². The molecule has 0 bridgehead atoms. The number of carboxylic acids is 1. The number of carbonyl (C=O) groups excluding carboxylic acids is 3. The number of nitrogen functional groups attached to an aromatic ring is 1. The number of anilines is 1. The van der Waals surface area contributed by atoms with Crippen LogP contribution in [0.3, 0.4) is 0 Å². The largest absolute Gasteiger partial charge is 0.478 e. The first-order valence-electron chi connectivity index (χ1n) is 9.11. The predicted octanol–water partition coefficient (Wildman–Crippen LogP) is -1.24. The highest BCUT2D eigenvalue weighted by molar-refractivity contribution is 7.84. The van der Waals surface area contributed by atoms with Crippen LogP contribution >= 0.6 is 11.3 Å². The van der Waals surface area contributed by atoms with Crippen molar-refractivity contribution in [3.05, 3.63) is 11.1 Å². The van der Waals surface area contributed by atoms with Crippen LogP contribution in [0.4, 0.5) is 5.13 Å². The molecule has 2 unspecified atom stereocenters. The number of oxime groups is 1. The number of nitrogens with one attached hydrogen (secondary N) is 1. The molecule has 1 aromatic heterocycles. The van der Waals surface area contributed by atoms with Gasteiger partial charge in [0.05, 0.1) is 12.6 Å². The van der Waals surface area contributed by atoms with Gasteiger partial charge in [-0.25, -0.2) is 14.1 Å². The van der Waals surface area contributed by atoms with Gasteiger partial charge in [-0.1, -0.05) is 5.16 Å². The summed E-state index contributed by atoms with van der Waals surface area (Å²) in [7, 11) is -4.95. The number of nitrogens with two attached hydrogens (primary N) is 1. The monoisotopic (exact) mass is 507 g/mol. The summed E-state index contributed by atoms with van der Waals surface area (Å²) in [6.45, 7) is 3.17. The molecule has 17 heteroatoms. The van der Waals surface area contributed by atoms with E-state index in [0.29, 0.717) is 0 Å². The van der Waals surface area contributed by atoms with E-state index in [1.165, 1.54) is 19.2 Å². The lowest BCUT2D eigenvalue weighted by Gasteiger charge is -2.44. The number of carbonyl (C=O) groups is 4. The quantitative estimate of drug-likeness (QED) is 0.0958. The van der Waals surface area contributed by atoms with Crippen LogP contribution in [0.1, 0.15) is 32.9 Å². The maximum atomic E-state index is 12.9. The van der Waals surface area contributed by atoms with Gasteiger partial charge in [-0.2, -0.15) is 8.42 Å². The molecule has 2 rings (SSSR count). The molecule has 0 aromatic carbocycles. The molecule has 2 amide bonds. The third kappa shape index (κ3) is 6.14. The number of aromatic nitrogens is 1. The van der Waals surface area contributed by atoms with Crippen molar-refractivity contribution in [1.82, 2.24) is 14.6 Å². The molecule has 182 valence electrons. The van der Waals surface area contributed by atoms with Crippen LogP contribution in [-0.4, -0.2) is 81.1 Å². The average molecular weight is 508 g/mol. The second-order valence-corrected chi connectivity index (χ2v) is 9.36. The maximum absolute atomic E-state index is 12.9. The van der Waals surface area contributed by atoms with Gasteiger partial charge in [0, 0.05) is 18.7 Å². The van der Waals surface area contributed by atoms with Crippen molar-refractivity contribution in [3.63, 3.8) is 0 Å². The Morgan fingerprint density at radius 3 is 2.52 bits per heavy atom. The Hall–Kier alpha value is -3.31. The molecule has 0 spiro atoms. The first-order chi connectivity index (χ1) is 15.1. The molecule has 1 fully saturated rings. The molecular formula is C16H21N5O10S2. The molecule has 5 N–H and O–H groups in total. The highest BCUT2D eigenvalue weighted by Gasteiger charge is 2.54. The molecule has 15 nitrogen and oxygen atoms in total. The van der Waals surface area contributed by atoms with Crippen molar-refractivity contribution >= 4 is 56.2 Å². The highest BCUT2D eigenvalue weighted by atomic mass is 32.2. The summed E-state index contributed by atoms with van der Waals surface area (Å²) in [6.07, 6.45) is -0.227. The van der Waals surface area contributed by atoms with Gasteiger partial charge < -0.3 is 25.7 Å².